The quantitative estimate of drug-likeness (QED) is 0.444. The SMILES string of the molecule is CC(NC(=O)c1cccc(NS(=O)(=O)c2cccs2)c1)c1ccc(NC(N)=O)cc1. The standard InChI is InChI=1S/C20H20N4O4S2/c1-13(14-7-9-16(10-8-14)23-20(21)26)22-19(25)15-4-2-5-17(12-15)24-30(27,28)18-6-3-11-29-18/h2-13,24H,1H3,(H,22,25)(H3,21,23,26). The Balaban J connectivity index is 1.68. The summed E-state index contributed by atoms with van der Waals surface area (Å²) in [6.07, 6.45) is 0. The zero-order valence-corrected chi connectivity index (χ0v) is 17.6. The molecule has 156 valence electrons. The van der Waals surface area contributed by atoms with Gasteiger partial charge in [0.15, 0.2) is 0 Å². The molecule has 3 rings (SSSR count). The predicted molar refractivity (Wildman–Crippen MR) is 117 cm³/mol. The number of primary amides is 1. The number of benzene rings is 2. The molecule has 3 amide bonds. The highest BCUT2D eigenvalue weighted by atomic mass is 32.2. The summed E-state index contributed by atoms with van der Waals surface area (Å²) in [5.74, 6) is -0.348. The summed E-state index contributed by atoms with van der Waals surface area (Å²) in [5, 5.41) is 7.01. The molecule has 1 atom stereocenters. The highest BCUT2D eigenvalue weighted by Gasteiger charge is 2.17. The molecule has 1 heterocycles. The maximum absolute atomic E-state index is 12.6. The molecule has 0 fully saturated rings. The van der Waals surface area contributed by atoms with Crippen LogP contribution in [-0.4, -0.2) is 20.4 Å². The number of carbonyl (C=O) groups is 2. The van der Waals surface area contributed by atoms with Crippen molar-refractivity contribution in [1.82, 2.24) is 5.32 Å². The Labute approximate surface area is 178 Å². The maximum atomic E-state index is 12.6. The van der Waals surface area contributed by atoms with Crippen LogP contribution in [-0.2, 0) is 10.0 Å². The molecule has 0 radical (unpaired) electrons. The summed E-state index contributed by atoms with van der Waals surface area (Å²) >= 11 is 1.11. The van der Waals surface area contributed by atoms with Gasteiger partial charge in [0.05, 0.1) is 6.04 Å². The van der Waals surface area contributed by atoms with E-state index in [0.29, 0.717) is 16.9 Å². The van der Waals surface area contributed by atoms with E-state index in [4.69, 9.17) is 5.73 Å². The average molecular weight is 445 g/mol. The van der Waals surface area contributed by atoms with Gasteiger partial charge >= 0.3 is 6.03 Å². The Morgan fingerprint density at radius 2 is 1.73 bits per heavy atom. The van der Waals surface area contributed by atoms with Gasteiger partial charge in [-0.15, -0.1) is 11.3 Å². The van der Waals surface area contributed by atoms with Gasteiger partial charge in [0.1, 0.15) is 4.21 Å². The third-order valence-electron chi connectivity index (χ3n) is 4.16. The number of anilines is 2. The van der Waals surface area contributed by atoms with Crippen LogP contribution in [0.2, 0.25) is 0 Å². The van der Waals surface area contributed by atoms with Crippen molar-refractivity contribution in [2.24, 2.45) is 5.73 Å². The van der Waals surface area contributed by atoms with Crippen LogP contribution >= 0.6 is 11.3 Å². The topological polar surface area (TPSA) is 130 Å². The molecule has 1 unspecified atom stereocenters. The molecule has 2 aromatic carbocycles. The van der Waals surface area contributed by atoms with Gasteiger partial charge in [-0.25, -0.2) is 13.2 Å². The minimum absolute atomic E-state index is 0.195. The van der Waals surface area contributed by atoms with Crippen molar-refractivity contribution in [3.63, 3.8) is 0 Å². The lowest BCUT2D eigenvalue weighted by atomic mass is 10.1. The summed E-state index contributed by atoms with van der Waals surface area (Å²) in [6.45, 7) is 1.82. The summed E-state index contributed by atoms with van der Waals surface area (Å²) < 4.78 is 27.4. The van der Waals surface area contributed by atoms with Crippen LogP contribution in [0, 0.1) is 0 Å². The molecule has 0 aliphatic carbocycles. The number of carbonyl (C=O) groups excluding carboxylic acids is 2. The van der Waals surface area contributed by atoms with E-state index in [9.17, 15) is 18.0 Å². The predicted octanol–water partition coefficient (Wildman–Crippen LogP) is 3.53. The maximum Gasteiger partial charge on any atom is 0.316 e. The van der Waals surface area contributed by atoms with Crippen molar-refractivity contribution in [3.8, 4) is 0 Å². The van der Waals surface area contributed by atoms with Crippen LogP contribution in [0.4, 0.5) is 16.2 Å². The van der Waals surface area contributed by atoms with Gasteiger partial charge in [0.2, 0.25) is 0 Å². The Morgan fingerprint density at radius 1 is 1.00 bits per heavy atom. The average Bonchev–Trinajstić information content (AvgIpc) is 3.24. The van der Waals surface area contributed by atoms with Crippen molar-refractivity contribution < 1.29 is 18.0 Å². The minimum atomic E-state index is -3.69. The molecular formula is C20H20N4O4S2. The second kappa shape index (κ2) is 8.97. The Bertz CT molecular complexity index is 1140. The smallest absolute Gasteiger partial charge is 0.316 e. The van der Waals surface area contributed by atoms with Gasteiger partial charge in [-0.1, -0.05) is 24.3 Å². The van der Waals surface area contributed by atoms with Crippen LogP contribution in [0.25, 0.3) is 0 Å². The summed E-state index contributed by atoms with van der Waals surface area (Å²) in [5.41, 5.74) is 7.08. The molecule has 0 bridgehead atoms. The zero-order chi connectivity index (χ0) is 21.7. The number of hydrogen-bond acceptors (Lipinski definition) is 5. The first-order chi connectivity index (χ1) is 14.2. The molecule has 0 saturated heterocycles. The first kappa shape index (κ1) is 21.3. The van der Waals surface area contributed by atoms with E-state index in [2.05, 4.69) is 15.4 Å². The van der Waals surface area contributed by atoms with Crippen molar-refractivity contribution in [2.75, 3.05) is 10.0 Å². The second-order valence-electron chi connectivity index (χ2n) is 6.42. The highest BCUT2D eigenvalue weighted by molar-refractivity contribution is 7.94. The van der Waals surface area contributed by atoms with E-state index < -0.39 is 16.1 Å². The number of thiophene rings is 1. The highest BCUT2D eigenvalue weighted by Crippen LogP contribution is 2.21. The monoisotopic (exact) mass is 444 g/mol. The van der Waals surface area contributed by atoms with Crippen molar-refractivity contribution in [1.29, 1.82) is 0 Å². The Kier molecular flexibility index (Phi) is 6.38. The normalized spacial score (nSPS) is 12.0. The summed E-state index contributed by atoms with van der Waals surface area (Å²) in [7, 11) is -3.69. The molecular weight excluding hydrogens is 424 g/mol. The van der Waals surface area contributed by atoms with E-state index in [0.717, 1.165) is 16.9 Å². The van der Waals surface area contributed by atoms with Crippen LogP contribution in [0.15, 0.2) is 70.3 Å². The van der Waals surface area contributed by atoms with E-state index in [-0.39, 0.29) is 16.2 Å². The van der Waals surface area contributed by atoms with E-state index in [1.165, 1.54) is 12.1 Å². The van der Waals surface area contributed by atoms with Gasteiger partial charge in [0.25, 0.3) is 15.9 Å². The molecule has 3 aromatic rings. The molecule has 8 nitrogen and oxygen atoms in total. The second-order valence-corrected chi connectivity index (χ2v) is 9.28. The first-order valence-electron chi connectivity index (χ1n) is 8.88. The van der Waals surface area contributed by atoms with E-state index >= 15 is 0 Å². The third kappa shape index (κ3) is 5.37. The van der Waals surface area contributed by atoms with Crippen LogP contribution in [0.3, 0.4) is 0 Å². The van der Waals surface area contributed by atoms with Crippen molar-refractivity contribution in [2.45, 2.75) is 17.2 Å². The molecule has 1 aromatic heterocycles. The van der Waals surface area contributed by atoms with Gasteiger partial charge in [-0.3, -0.25) is 9.52 Å². The number of nitrogens with two attached hydrogens (primary N) is 1. The number of rotatable bonds is 7. The number of urea groups is 1. The zero-order valence-electron chi connectivity index (χ0n) is 16.0. The molecule has 0 aliphatic heterocycles. The van der Waals surface area contributed by atoms with Crippen LogP contribution in [0.5, 0.6) is 0 Å². The van der Waals surface area contributed by atoms with Crippen molar-refractivity contribution >= 4 is 44.7 Å². The number of amides is 3. The molecule has 0 aliphatic rings. The fourth-order valence-corrected chi connectivity index (χ4v) is 4.75. The van der Waals surface area contributed by atoms with Gasteiger partial charge in [-0.2, -0.15) is 0 Å². The molecule has 5 N–H and O–H groups in total. The minimum Gasteiger partial charge on any atom is -0.351 e. The molecule has 30 heavy (non-hydrogen) atoms. The van der Waals surface area contributed by atoms with Crippen molar-refractivity contribution in [3.05, 3.63) is 77.2 Å². The summed E-state index contributed by atoms with van der Waals surface area (Å²) in [4.78, 5) is 23.5. The first-order valence-corrected chi connectivity index (χ1v) is 11.2. The lowest BCUT2D eigenvalue weighted by molar-refractivity contribution is 0.0940. The Morgan fingerprint density at radius 3 is 2.37 bits per heavy atom. The Hall–Kier alpha value is -3.37. The number of nitrogens with one attached hydrogen (secondary N) is 3. The fourth-order valence-electron chi connectivity index (χ4n) is 2.71. The lowest BCUT2D eigenvalue weighted by Gasteiger charge is -2.15. The molecule has 0 spiro atoms. The lowest BCUT2D eigenvalue weighted by Crippen LogP contribution is -2.26. The summed E-state index contributed by atoms with van der Waals surface area (Å²) in [6, 6.07) is 15.4. The fraction of sp³-hybridized carbons (Fsp3) is 0.100. The van der Waals surface area contributed by atoms with Gasteiger partial charge in [0, 0.05) is 16.9 Å². The molecule has 0 saturated carbocycles. The largest absolute Gasteiger partial charge is 0.351 e. The van der Waals surface area contributed by atoms with Gasteiger partial charge < -0.3 is 16.4 Å². The van der Waals surface area contributed by atoms with E-state index in [1.54, 1.807) is 53.9 Å². The van der Waals surface area contributed by atoms with Crippen LogP contribution < -0.4 is 21.1 Å². The number of sulfonamides is 1. The van der Waals surface area contributed by atoms with Crippen LogP contribution in [0.1, 0.15) is 28.9 Å². The molecule has 10 heteroatoms. The van der Waals surface area contributed by atoms with Gasteiger partial charge in [-0.05, 0) is 54.3 Å². The third-order valence-corrected chi connectivity index (χ3v) is 6.94. The number of hydrogen-bond donors (Lipinski definition) is 4. The van der Waals surface area contributed by atoms with E-state index in [1.807, 2.05) is 6.92 Å².